The molecule has 2 amide bonds. The molecule has 0 spiro atoms. The third-order valence-corrected chi connectivity index (χ3v) is 8.07. The topological polar surface area (TPSA) is 167 Å². The Kier molecular flexibility index (Phi) is 6.94. The number of amides is 2. The van der Waals surface area contributed by atoms with E-state index in [1.165, 1.54) is 24.3 Å². The first-order valence-corrected chi connectivity index (χ1v) is 13.7. The molecule has 0 fully saturated rings. The third-order valence-electron chi connectivity index (χ3n) is 6.71. The summed E-state index contributed by atoms with van der Waals surface area (Å²) in [4.78, 5) is 36.2. The molecular formula is C28H25N3O8S. The zero-order valence-electron chi connectivity index (χ0n) is 21.3. The van der Waals surface area contributed by atoms with Gasteiger partial charge in [-0.2, -0.15) is 0 Å². The maximum Gasteiger partial charge on any atom is 0.303 e. The van der Waals surface area contributed by atoms with Gasteiger partial charge in [0.05, 0.1) is 10.8 Å². The zero-order chi connectivity index (χ0) is 28.6. The summed E-state index contributed by atoms with van der Waals surface area (Å²) in [5, 5.41) is 9.50. The van der Waals surface area contributed by atoms with E-state index < -0.39 is 33.7 Å². The second-order valence-electron chi connectivity index (χ2n) is 9.34. The highest BCUT2D eigenvalue weighted by Crippen LogP contribution is 2.39. The molecule has 3 aromatic carbocycles. The number of carboxylic acid groups (broad SMARTS) is 1. The quantitative estimate of drug-likeness (QED) is 0.279. The largest absolute Gasteiger partial charge is 0.481 e. The van der Waals surface area contributed by atoms with Gasteiger partial charge in [-0.15, -0.1) is 0 Å². The number of aromatic nitrogens is 1. The molecule has 1 aliphatic heterocycles. The van der Waals surface area contributed by atoms with Crippen LogP contribution in [0.5, 0.6) is 11.5 Å². The second kappa shape index (κ2) is 10.4. The molecule has 0 saturated carbocycles. The highest BCUT2D eigenvalue weighted by molar-refractivity contribution is 7.90. The number of carbonyl (C=O) groups is 3. The van der Waals surface area contributed by atoms with Gasteiger partial charge in [-0.05, 0) is 59.5 Å². The van der Waals surface area contributed by atoms with E-state index in [4.69, 9.17) is 20.3 Å². The van der Waals surface area contributed by atoms with Crippen molar-refractivity contribution in [3.05, 3.63) is 89.1 Å². The first-order chi connectivity index (χ1) is 19.0. The molecule has 1 unspecified atom stereocenters. The van der Waals surface area contributed by atoms with E-state index in [-0.39, 0.29) is 24.5 Å². The molecule has 5 rings (SSSR count). The second-order valence-corrected chi connectivity index (χ2v) is 11.0. The molecule has 12 heteroatoms. The molecule has 4 N–H and O–H groups in total. The minimum absolute atomic E-state index is 0.0245. The van der Waals surface area contributed by atoms with Crippen molar-refractivity contribution in [2.45, 2.75) is 23.7 Å². The van der Waals surface area contributed by atoms with E-state index in [0.29, 0.717) is 44.7 Å². The summed E-state index contributed by atoms with van der Waals surface area (Å²) >= 11 is 0. The molecular weight excluding hydrogens is 538 g/mol. The molecule has 0 bridgehead atoms. The average Bonchev–Trinajstić information content (AvgIpc) is 3.51. The number of aryl methyl sites for hydroxylation is 2. The van der Waals surface area contributed by atoms with Crippen LogP contribution in [0.2, 0.25) is 0 Å². The lowest BCUT2D eigenvalue weighted by atomic mass is 9.90. The van der Waals surface area contributed by atoms with Crippen LogP contribution < -0.4 is 19.9 Å². The van der Waals surface area contributed by atoms with Crippen LogP contribution in [-0.4, -0.2) is 42.7 Å². The lowest BCUT2D eigenvalue weighted by Gasteiger charge is -2.18. The van der Waals surface area contributed by atoms with E-state index in [1.807, 2.05) is 0 Å². The van der Waals surface area contributed by atoms with E-state index in [9.17, 15) is 22.8 Å². The first-order valence-electron chi connectivity index (χ1n) is 12.2. The Bertz CT molecular complexity index is 1760. The number of nitrogens with one attached hydrogen (secondary N) is 1. The summed E-state index contributed by atoms with van der Waals surface area (Å²) in [6.07, 6.45) is 1.85. The van der Waals surface area contributed by atoms with Crippen LogP contribution in [0.15, 0.2) is 71.8 Å². The standard InChI is InChI=1S/C28H25N3O8S/c1-31-14-21(20-9-5-18(27(29)34)12-22(20)31)26(17-6-10-23-24(13-17)39-15-38-23)28(35)30-40(36,37)19-7-2-16(3-8-19)4-11-25(32)33/h2-3,5-10,12-14,26H,4,11,15H2,1H3,(H2,29,34)(H,30,35)(H,32,33). The lowest BCUT2D eigenvalue weighted by Crippen LogP contribution is -2.35. The maximum absolute atomic E-state index is 13.8. The number of hydrogen-bond acceptors (Lipinski definition) is 7. The number of ether oxygens (including phenoxy) is 2. The van der Waals surface area contributed by atoms with Gasteiger partial charge < -0.3 is 24.9 Å². The molecule has 1 aliphatic rings. The molecule has 0 aliphatic carbocycles. The number of carbonyl (C=O) groups excluding carboxylic acids is 2. The van der Waals surface area contributed by atoms with Gasteiger partial charge in [-0.1, -0.05) is 24.3 Å². The minimum Gasteiger partial charge on any atom is -0.481 e. The summed E-state index contributed by atoms with van der Waals surface area (Å²) < 4.78 is 41.3. The zero-order valence-corrected chi connectivity index (χ0v) is 22.1. The predicted molar refractivity (Wildman–Crippen MR) is 144 cm³/mol. The predicted octanol–water partition coefficient (Wildman–Crippen LogP) is 2.66. The van der Waals surface area contributed by atoms with Crippen LogP contribution in [-0.2, 0) is 33.1 Å². The number of nitrogens with two attached hydrogens (primary N) is 1. The van der Waals surface area contributed by atoms with Crippen molar-refractivity contribution >= 4 is 38.7 Å². The smallest absolute Gasteiger partial charge is 0.303 e. The fourth-order valence-corrected chi connectivity index (χ4v) is 5.70. The molecule has 1 aromatic heterocycles. The van der Waals surface area contributed by atoms with Crippen LogP contribution in [0.1, 0.15) is 39.4 Å². The molecule has 2 heterocycles. The number of benzene rings is 3. The van der Waals surface area contributed by atoms with E-state index in [0.717, 1.165) is 0 Å². The minimum atomic E-state index is -4.28. The van der Waals surface area contributed by atoms with Crippen molar-refractivity contribution in [2.24, 2.45) is 12.8 Å². The van der Waals surface area contributed by atoms with Gasteiger partial charge in [0.25, 0.3) is 10.0 Å². The van der Waals surface area contributed by atoms with Crippen LogP contribution in [0, 0.1) is 0 Å². The maximum atomic E-state index is 13.8. The Balaban J connectivity index is 1.53. The Morgan fingerprint density at radius 1 is 1.02 bits per heavy atom. The van der Waals surface area contributed by atoms with E-state index >= 15 is 0 Å². The number of nitrogens with zero attached hydrogens (tertiary/aromatic N) is 1. The average molecular weight is 564 g/mol. The van der Waals surface area contributed by atoms with Gasteiger partial charge in [-0.3, -0.25) is 14.4 Å². The van der Waals surface area contributed by atoms with Gasteiger partial charge in [0.2, 0.25) is 18.6 Å². The molecule has 1 atom stereocenters. The van der Waals surface area contributed by atoms with Gasteiger partial charge in [0.1, 0.15) is 0 Å². The monoisotopic (exact) mass is 563 g/mol. The van der Waals surface area contributed by atoms with Crippen LogP contribution in [0.3, 0.4) is 0 Å². The molecule has 4 aromatic rings. The van der Waals surface area contributed by atoms with Crippen LogP contribution in [0.4, 0.5) is 0 Å². The lowest BCUT2D eigenvalue weighted by molar-refractivity contribution is -0.137. The summed E-state index contributed by atoms with van der Waals surface area (Å²) in [6, 6.07) is 15.4. The molecule has 206 valence electrons. The Morgan fingerprint density at radius 2 is 1.75 bits per heavy atom. The van der Waals surface area contributed by atoms with Gasteiger partial charge in [0, 0.05) is 36.1 Å². The summed E-state index contributed by atoms with van der Waals surface area (Å²) in [7, 11) is -2.54. The molecule has 40 heavy (non-hydrogen) atoms. The molecule has 0 radical (unpaired) electrons. The normalized spacial score (nSPS) is 13.2. The summed E-state index contributed by atoms with van der Waals surface area (Å²) in [5.74, 6) is -2.52. The third kappa shape index (κ3) is 5.21. The number of sulfonamides is 1. The Labute approximate surface area is 229 Å². The molecule has 0 saturated heterocycles. The Morgan fingerprint density at radius 3 is 2.45 bits per heavy atom. The summed E-state index contributed by atoms with van der Waals surface area (Å²) in [6.45, 7) is 0.0245. The van der Waals surface area contributed by atoms with Gasteiger partial charge in [0.15, 0.2) is 11.5 Å². The fourth-order valence-electron chi connectivity index (χ4n) is 4.70. The SMILES string of the molecule is Cn1cc(C(C(=O)NS(=O)(=O)c2ccc(CCC(=O)O)cc2)c2ccc3c(c2)OCO3)c2ccc(C(N)=O)cc21. The van der Waals surface area contributed by atoms with Crippen LogP contribution >= 0.6 is 0 Å². The molecule has 11 nitrogen and oxygen atoms in total. The number of fused-ring (bicyclic) bond motifs is 2. The number of carboxylic acids is 1. The van der Waals surface area contributed by atoms with Crippen molar-refractivity contribution in [3.63, 3.8) is 0 Å². The number of rotatable bonds is 9. The van der Waals surface area contributed by atoms with Gasteiger partial charge >= 0.3 is 5.97 Å². The number of hydrogen-bond donors (Lipinski definition) is 3. The number of aliphatic carboxylic acids is 1. The first kappa shape index (κ1) is 26.8. The van der Waals surface area contributed by atoms with E-state index in [2.05, 4.69) is 4.72 Å². The van der Waals surface area contributed by atoms with E-state index in [1.54, 1.807) is 54.2 Å². The van der Waals surface area contributed by atoms with Crippen molar-refractivity contribution in [1.29, 1.82) is 0 Å². The van der Waals surface area contributed by atoms with Crippen molar-refractivity contribution < 1.29 is 37.4 Å². The number of primary amides is 1. The highest BCUT2D eigenvalue weighted by atomic mass is 32.2. The van der Waals surface area contributed by atoms with Crippen molar-refractivity contribution in [2.75, 3.05) is 6.79 Å². The highest BCUT2D eigenvalue weighted by Gasteiger charge is 2.31. The van der Waals surface area contributed by atoms with Gasteiger partial charge in [-0.25, -0.2) is 13.1 Å². The van der Waals surface area contributed by atoms with Crippen LogP contribution in [0.25, 0.3) is 10.9 Å². The Hall–Kier alpha value is -4.84. The summed E-state index contributed by atoms with van der Waals surface area (Å²) in [5.41, 5.74) is 7.98. The fraction of sp³-hybridized carbons (Fsp3) is 0.179. The van der Waals surface area contributed by atoms with Crippen molar-refractivity contribution in [3.8, 4) is 11.5 Å². The van der Waals surface area contributed by atoms with Crippen molar-refractivity contribution in [1.82, 2.24) is 9.29 Å².